The van der Waals surface area contributed by atoms with Gasteiger partial charge in [0.1, 0.15) is 6.04 Å². The van der Waals surface area contributed by atoms with Crippen LogP contribution in [0.5, 0.6) is 0 Å². The van der Waals surface area contributed by atoms with Gasteiger partial charge in [0.05, 0.1) is 5.75 Å². The van der Waals surface area contributed by atoms with Crippen LogP contribution in [0, 0.1) is 6.92 Å². The third kappa shape index (κ3) is 6.93. The van der Waals surface area contributed by atoms with Crippen molar-refractivity contribution in [3.05, 3.63) is 65.7 Å². The van der Waals surface area contributed by atoms with Crippen LogP contribution in [0.4, 0.5) is 0 Å². The standard InChI is InChI=1S/C24H32N2O2S/c1-5-19(4)25-24(28)22(6-2)26(16-20-13-11-10-12-18(20)3)23(27)17-29-21-14-8-7-9-15-21/h7-15,19,22H,5-6,16-17H2,1-4H3,(H,25,28). The highest BCUT2D eigenvalue weighted by Crippen LogP contribution is 2.21. The minimum absolute atomic E-state index is 0.0201. The molecule has 2 amide bonds. The van der Waals surface area contributed by atoms with Gasteiger partial charge in [-0.3, -0.25) is 9.59 Å². The lowest BCUT2D eigenvalue weighted by molar-refractivity contribution is -0.139. The van der Waals surface area contributed by atoms with E-state index in [0.717, 1.165) is 22.4 Å². The van der Waals surface area contributed by atoms with Gasteiger partial charge in [0, 0.05) is 17.5 Å². The Morgan fingerprint density at radius 1 is 1.00 bits per heavy atom. The molecule has 0 saturated carbocycles. The number of carbonyl (C=O) groups excluding carboxylic acids is 2. The van der Waals surface area contributed by atoms with Crippen LogP contribution >= 0.6 is 11.8 Å². The predicted octanol–water partition coefficient (Wildman–Crippen LogP) is 4.81. The average Bonchev–Trinajstić information content (AvgIpc) is 2.73. The Morgan fingerprint density at radius 2 is 1.66 bits per heavy atom. The van der Waals surface area contributed by atoms with Crippen LogP contribution in [0.1, 0.15) is 44.7 Å². The van der Waals surface area contributed by atoms with Crippen molar-refractivity contribution < 1.29 is 9.59 Å². The highest BCUT2D eigenvalue weighted by Gasteiger charge is 2.29. The molecule has 0 heterocycles. The van der Waals surface area contributed by atoms with Crippen molar-refractivity contribution in [3.8, 4) is 0 Å². The number of rotatable bonds is 10. The summed E-state index contributed by atoms with van der Waals surface area (Å²) < 4.78 is 0. The van der Waals surface area contributed by atoms with Crippen molar-refractivity contribution in [2.45, 2.75) is 64.1 Å². The zero-order valence-corrected chi connectivity index (χ0v) is 18.7. The van der Waals surface area contributed by atoms with E-state index in [2.05, 4.69) is 5.32 Å². The molecule has 4 nitrogen and oxygen atoms in total. The molecule has 0 aliphatic rings. The van der Waals surface area contributed by atoms with Crippen molar-refractivity contribution in [1.29, 1.82) is 0 Å². The fraction of sp³-hybridized carbons (Fsp3) is 0.417. The molecule has 5 heteroatoms. The van der Waals surface area contributed by atoms with Crippen LogP contribution in [-0.2, 0) is 16.1 Å². The van der Waals surface area contributed by atoms with Gasteiger partial charge in [-0.05, 0) is 49.9 Å². The summed E-state index contributed by atoms with van der Waals surface area (Å²) in [5.74, 6) is 0.213. The maximum atomic E-state index is 13.2. The predicted molar refractivity (Wildman–Crippen MR) is 121 cm³/mol. The van der Waals surface area contributed by atoms with Gasteiger partial charge in [0.15, 0.2) is 0 Å². The Labute approximate surface area is 179 Å². The third-order valence-corrected chi connectivity index (χ3v) is 6.09. The molecule has 0 aromatic heterocycles. The molecule has 0 aliphatic carbocycles. The van der Waals surface area contributed by atoms with Gasteiger partial charge in [0.2, 0.25) is 11.8 Å². The maximum Gasteiger partial charge on any atom is 0.243 e. The van der Waals surface area contributed by atoms with Crippen molar-refractivity contribution in [3.63, 3.8) is 0 Å². The van der Waals surface area contributed by atoms with E-state index in [0.29, 0.717) is 18.7 Å². The van der Waals surface area contributed by atoms with E-state index in [4.69, 9.17) is 0 Å². The fourth-order valence-corrected chi connectivity index (χ4v) is 3.88. The van der Waals surface area contributed by atoms with Gasteiger partial charge in [0.25, 0.3) is 0 Å². The lowest BCUT2D eigenvalue weighted by atomic mass is 10.1. The van der Waals surface area contributed by atoms with Gasteiger partial charge < -0.3 is 10.2 Å². The second-order valence-corrected chi connectivity index (χ2v) is 8.34. The molecule has 0 radical (unpaired) electrons. The van der Waals surface area contributed by atoms with Crippen LogP contribution < -0.4 is 5.32 Å². The van der Waals surface area contributed by atoms with E-state index in [1.54, 1.807) is 4.90 Å². The Morgan fingerprint density at radius 3 is 2.28 bits per heavy atom. The summed E-state index contributed by atoms with van der Waals surface area (Å²) in [6.45, 7) is 8.47. The van der Waals surface area contributed by atoms with Crippen LogP contribution in [0.15, 0.2) is 59.5 Å². The van der Waals surface area contributed by atoms with Crippen LogP contribution in [-0.4, -0.2) is 34.6 Å². The van der Waals surface area contributed by atoms with Crippen molar-refractivity contribution in [1.82, 2.24) is 10.2 Å². The monoisotopic (exact) mass is 412 g/mol. The molecule has 2 atom stereocenters. The van der Waals surface area contributed by atoms with Crippen molar-refractivity contribution in [2.75, 3.05) is 5.75 Å². The highest BCUT2D eigenvalue weighted by atomic mass is 32.2. The largest absolute Gasteiger partial charge is 0.352 e. The topological polar surface area (TPSA) is 49.4 Å². The number of carbonyl (C=O) groups is 2. The number of amides is 2. The average molecular weight is 413 g/mol. The molecule has 2 unspecified atom stereocenters. The number of thioether (sulfide) groups is 1. The maximum absolute atomic E-state index is 13.2. The smallest absolute Gasteiger partial charge is 0.243 e. The van der Waals surface area contributed by atoms with Crippen LogP contribution in [0.3, 0.4) is 0 Å². The summed E-state index contributed by atoms with van der Waals surface area (Å²) in [6.07, 6.45) is 1.44. The van der Waals surface area contributed by atoms with E-state index in [1.165, 1.54) is 11.8 Å². The van der Waals surface area contributed by atoms with E-state index in [9.17, 15) is 9.59 Å². The molecular formula is C24H32N2O2S. The first kappa shape index (κ1) is 23.0. The first-order valence-corrected chi connectivity index (χ1v) is 11.3. The first-order valence-electron chi connectivity index (χ1n) is 10.3. The number of nitrogens with one attached hydrogen (secondary N) is 1. The van der Waals surface area contributed by atoms with Crippen molar-refractivity contribution >= 4 is 23.6 Å². The van der Waals surface area contributed by atoms with Crippen molar-refractivity contribution in [2.24, 2.45) is 0 Å². The molecule has 0 bridgehead atoms. The molecule has 0 aliphatic heterocycles. The van der Waals surface area contributed by atoms with Crippen LogP contribution in [0.25, 0.3) is 0 Å². The Balaban J connectivity index is 2.22. The summed E-state index contributed by atoms with van der Waals surface area (Å²) in [4.78, 5) is 28.9. The Kier molecular flexibility index (Phi) is 9.26. The first-order chi connectivity index (χ1) is 14.0. The third-order valence-electron chi connectivity index (χ3n) is 5.09. The number of benzene rings is 2. The molecule has 0 spiro atoms. The molecule has 0 fully saturated rings. The molecule has 1 N–H and O–H groups in total. The fourth-order valence-electron chi connectivity index (χ4n) is 3.08. The Hall–Kier alpha value is -2.27. The lowest BCUT2D eigenvalue weighted by Gasteiger charge is -2.32. The second-order valence-electron chi connectivity index (χ2n) is 7.29. The SMILES string of the molecule is CCC(C)NC(=O)C(CC)N(Cc1ccccc1C)C(=O)CSc1ccccc1. The second kappa shape index (κ2) is 11.7. The molecule has 2 aromatic carbocycles. The van der Waals surface area contributed by atoms with Gasteiger partial charge >= 0.3 is 0 Å². The van der Waals surface area contributed by atoms with Crippen LogP contribution in [0.2, 0.25) is 0 Å². The molecule has 156 valence electrons. The Bertz CT molecular complexity index is 794. The molecular weight excluding hydrogens is 380 g/mol. The van der Waals surface area contributed by atoms with Gasteiger partial charge in [-0.1, -0.05) is 56.3 Å². The van der Waals surface area contributed by atoms with E-state index in [1.807, 2.05) is 82.3 Å². The normalized spacial score (nSPS) is 12.8. The summed E-state index contributed by atoms with van der Waals surface area (Å²) in [7, 11) is 0. The minimum Gasteiger partial charge on any atom is -0.352 e. The number of nitrogens with zero attached hydrogens (tertiary/aromatic N) is 1. The highest BCUT2D eigenvalue weighted by molar-refractivity contribution is 8.00. The minimum atomic E-state index is -0.479. The van der Waals surface area contributed by atoms with E-state index < -0.39 is 6.04 Å². The lowest BCUT2D eigenvalue weighted by Crippen LogP contribution is -2.51. The summed E-state index contributed by atoms with van der Waals surface area (Å²) >= 11 is 1.51. The zero-order chi connectivity index (χ0) is 21.2. The zero-order valence-electron chi connectivity index (χ0n) is 17.9. The number of hydrogen-bond donors (Lipinski definition) is 1. The van der Waals surface area contributed by atoms with E-state index >= 15 is 0 Å². The number of hydrogen-bond acceptors (Lipinski definition) is 3. The summed E-state index contributed by atoms with van der Waals surface area (Å²) in [5, 5.41) is 3.05. The summed E-state index contributed by atoms with van der Waals surface area (Å²) in [6, 6.07) is 17.5. The molecule has 2 aromatic rings. The molecule has 2 rings (SSSR count). The quantitative estimate of drug-likeness (QED) is 0.570. The summed E-state index contributed by atoms with van der Waals surface area (Å²) in [5.41, 5.74) is 2.19. The molecule has 29 heavy (non-hydrogen) atoms. The number of aryl methyl sites for hydroxylation is 1. The molecule has 0 saturated heterocycles. The van der Waals surface area contributed by atoms with E-state index in [-0.39, 0.29) is 17.9 Å². The van der Waals surface area contributed by atoms with Gasteiger partial charge in [-0.15, -0.1) is 11.8 Å². The van der Waals surface area contributed by atoms with Gasteiger partial charge in [-0.2, -0.15) is 0 Å². The van der Waals surface area contributed by atoms with Gasteiger partial charge in [-0.25, -0.2) is 0 Å².